The third-order valence-corrected chi connectivity index (χ3v) is 4.64. The zero-order chi connectivity index (χ0) is 16.9. The van der Waals surface area contributed by atoms with Crippen LogP contribution < -0.4 is 10.6 Å². The van der Waals surface area contributed by atoms with Gasteiger partial charge in [-0.15, -0.1) is 11.8 Å². The number of phenols is 3. The van der Waals surface area contributed by atoms with E-state index in [-0.39, 0.29) is 35.2 Å². The zero-order valence-corrected chi connectivity index (χ0v) is 14.1. The first-order chi connectivity index (χ1) is 10.3. The molecular weight excluding hydrogens is 304 g/mol. The minimum atomic E-state index is -0.354. The molecule has 6 nitrogen and oxygen atoms in total. The average Bonchev–Trinajstić information content (AvgIpc) is 2.43. The normalized spacial score (nSPS) is 13.6. The molecule has 0 heterocycles. The minimum absolute atomic E-state index is 0.0490. The van der Waals surface area contributed by atoms with E-state index in [1.807, 2.05) is 20.9 Å². The number of benzene rings is 1. The van der Waals surface area contributed by atoms with Gasteiger partial charge in [0.15, 0.2) is 11.5 Å². The van der Waals surface area contributed by atoms with Gasteiger partial charge in [0.2, 0.25) is 5.91 Å². The molecule has 1 rings (SSSR count). The Morgan fingerprint density at radius 1 is 1.23 bits per heavy atom. The van der Waals surface area contributed by atoms with Gasteiger partial charge < -0.3 is 26.0 Å². The highest BCUT2D eigenvalue weighted by atomic mass is 32.2. The highest BCUT2D eigenvalue weighted by Crippen LogP contribution is 2.44. The number of hydrogen-bond donors (Lipinski definition) is 5. The van der Waals surface area contributed by atoms with E-state index >= 15 is 0 Å². The number of nitrogens with one attached hydrogen (secondary N) is 2. The summed E-state index contributed by atoms with van der Waals surface area (Å²) in [6.07, 6.45) is 0.507. The topological polar surface area (TPSA) is 102 Å². The average molecular weight is 328 g/mol. The van der Waals surface area contributed by atoms with Crippen LogP contribution in [0.1, 0.15) is 26.3 Å². The molecule has 0 aliphatic heterocycles. The Hall–Kier alpha value is -1.60. The van der Waals surface area contributed by atoms with Gasteiger partial charge in [0, 0.05) is 36.4 Å². The molecule has 1 unspecified atom stereocenters. The van der Waals surface area contributed by atoms with E-state index in [2.05, 4.69) is 10.6 Å². The third-order valence-electron chi connectivity index (χ3n) is 3.24. The van der Waals surface area contributed by atoms with E-state index in [0.717, 1.165) is 6.07 Å². The Morgan fingerprint density at radius 3 is 2.41 bits per heavy atom. The molecule has 22 heavy (non-hydrogen) atoms. The maximum atomic E-state index is 11.0. The molecule has 0 saturated heterocycles. The van der Waals surface area contributed by atoms with Crippen molar-refractivity contribution in [1.82, 2.24) is 10.6 Å². The first kappa shape index (κ1) is 18.4. The molecule has 7 heteroatoms. The van der Waals surface area contributed by atoms with Crippen LogP contribution in [0.15, 0.2) is 11.0 Å². The molecule has 124 valence electrons. The van der Waals surface area contributed by atoms with Crippen LogP contribution in [0.4, 0.5) is 0 Å². The van der Waals surface area contributed by atoms with Crippen molar-refractivity contribution in [2.24, 2.45) is 0 Å². The molecule has 0 radical (unpaired) electrons. The fourth-order valence-electron chi connectivity index (χ4n) is 2.02. The smallest absolute Gasteiger partial charge is 0.217 e. The SMILES string of the molecule is CNC(C)Cc1c(O)cc(O)c(O)c1SC[C@@H](C)NC(C)=O. The van der Waals surface area contributed by atoms with Crippen LogP contribution in [-0.4, -0.2) is 46.1 Å². The number of amides is 1. The van der Waals surface area contributed by atoms with Gasteiger partial charge in [-0.05, 0) is 27.3 Å². The van der Waals surface area contributed by atoms with E-state index in [4.69, 9.17) is 0 Å². The van der Waals surface area contributed by atoms with E-state index in [0.29, 0.717) is 22.6 Å². The quantitative estimate of drug-likeness (QED) is 0.296. The van der Waals surface area contributed by atoms with Crippen molar-refractivity contribution in [2.45, 2.75) is 44.2 Å². The van der Waals surface area contributed by atoms with Gasteiger partial charge >= 0.3 is 0 Å². The summed E-state index contributed by atoms with van der Waals surface area (Å²) >= 11 is 1.29. The number of carbonyl (C=O) groups excluding carboxylic acids is 1. The summed E-state index contributed by atoms with van der Waals surface area (Å²) in [5, 5.41) is 35.7. The monoisotopic (exact) mass is 328 g/mol. The fraction of sp³-hybridized carbons (Fsp3) is 0.533. The molecule has 0 aromatic heterocycles. The van der Waals surface area contributed by atoms with Crippen molar-refractivity contribution in [3.8, 4) is 17.2 Å². The lowest BCUT2D eigenvalue weighted by molar-refractivity contribution is -0.119. The summed E-state index contributed by atoms with van der Waals surface area (Å²) in [6, 6.07) is 1.15. The van der Waals surface area contributed by atoms with Crippen LogP contribution in [0.2, 0.25) is 0 Å². The van der Waals surface area contributed by atoms with Crippen molar-refractivity contribution in [2.75, 3.05) is 12.8 Å². The largest absolute Gasteiger partial charge is 0.507 e. The molecule has 0 spiro atoms. The molecule has 0 saturated carbocycles. The van der Waals surface area contributed by atoms with E-state index in [1.54, 1.807) is 0 Å². The lowest BCUT2D eigenvalue weighted by atomic mass is 10.1. The summed E-state index contributed by atoms with van der Waals surface area (Å²) in [5.74, 6) is -0.256. The number of aromatic hydroxyl groups is 3. The van der Waals surface area contributed by atoms with Crippen molar-refractivity contribution in [3.63, 3.8) is 0 Å². The Morgan fingerprint density at radius 2 is 1.86 bits per heavy atom. The molecule has 0 aliphatic carbocycles. The maximum absolute atomic E-state index is 11.0. The summed E-state index contributed by atoms with van der Waals surface area (Å²) in [5.41, 5.74) is 0.581. The standard InChI is InChI=1S/C15H24N2O4S/c1-8(16-4)5-11-12(19)6-13(20)14(21)15(11)22-7-9(2)17-10(3)18/h6,8-9,16,19-21H,5,7H2,1-4H3,(H,17,18)/t8?,9-/m1/s1. The maximum Gasteiger partial charge on any atom is 0.217 e. The molecule has 1 aromatic carbocycles. The van der Waals surface area contributed by atoms with Crippen molar-refractivity contribution >= 4 is 17.7 Å². The molecule has 0 bridgehead atoms. The molecule has 1 amide bonds. The first-order valence-electron chi connectivity index (χ1n) is 7.10. The lowest BCUT2D eigenvalue weighted by Gasteiger charge is -2.19. The van der Waals surface area contributed by atoms with Crippen LogP contribution in [0, 0.1) is 0 Å². The first-order valence-corrected chi connectivity index (χ1v) is 8.08. The number of thioether (sulfide) groups is 1. The van der Waals surface area contributed by atoms with Crippen LogP contribution in [-0.2, 0) is 11.2 Å². The van der Waals surface area contributed by atoms with Crippen molar-refractivity contribution < 1.29 is 20.1 Å². The second kappa shape index (κ2) is 8.14. The van der Waals surface area contributed by atoms with Gasteiger partial charge in [-0.25, -0.2) is 0 Å². The summed E-state index contributed by atoms with van der Waals surface area (Å²) < 4.78 is 0. The van der Waals surface area contributed by atoms with Gasteiger partial charge in [-0.2, -0.15) is 0 Å². The Bertz CT molecular complexity index is 537. The Balaban J connectivity index is 3.01. The van der Waals surface area contributed by atoms with Gasteiger partial charge in [0.25, 0.3) is 0 Å². The highest BCUT2D eigenvalue weighted by molar-refractivity contribution is 7.99. The lowest BCUT2D eigenvalue weighted by Crippen LogP contribution is -2.32. The number of likely N-dealkylation sites (N-methyl/N-ethyl adjacent to an activating group) is 1. The Kier molecular flexibility index (Phi) is 6.83. The summed E-state index contributed by atoms with van der Waals surface area (Å²) in [4.78, 5) is 11.5. The second-order valence-electron chi connectivity index (χ2n) is 5.38. The van der Waals surface area contributed by atoms with E-state index in [1.165, 1.54) is 18.7 Å². The second-order valence-corrected chi connectivity index (χ2v) is 6.41. The van der Waals surface area contributed by atoms with Crippen LogP contribution >= 0.6 is 11.8 Å². The number of phenolic OH excluding ortho intramolecular Hbond substituents is 3. The summed E-state index contributed by atoms with van der Waals surface area (Å²) in [7, 11) is 1.81. The van der Waals surface area contributed by atoms with Gasteiger partial charge in [-0.1, -0.05) is 0 Å². The molecule has 0 fully saturated rings. The number of rotatable bonds is 7. The number of hydrogen-bond acceptors (Lipinski definition) is 6. The third kappa shape index (κ3) is 4.99. The number of carbonyl (C=O) groups is 1. The fourth-order valence-corrected chi connectivity index (χ4v) is 3.12. The van der Waals surface area contributed by atoms with Gasteiger partial charge in [-0.3, -0.25) is 4.79 Å². The minimum Gasteiger partial charge on any atom is -0.507 e. The van der Waals surface area contributed by atoms with Crippen LogP contribution in [0.5, 0.6) is 17.2 Å². The molecule has 0 aliphatic rings. The predicted molar refractivity (Wildman–Crippen MR) is 87.7 cm³/mol. The van der Waals surface area contributed by atoms with Crippen molar-refractivity contribution in [3.05, 3.63) is 11.6 Å². The van der Waals surface area contributed by atoms with Gasteiger partial charge in [0.1, 0.15) is 5.75 Å². The molecule has 2 atom stereocenters. The van der Waals surface area contributed by atoms with Crippen molar-refractivity contribution in [1.29, 1.82) is 0 Å². The van der Waals surface area contributed by atoms with Gasteiger partial charge in [0.05, 0.1) is 4.90 Å². The molecule has 5 N–H and O–H groups in total. The van der Waals surface area contributed by atoms with E-state index < -0.39 is 0 Å². The Labute approximate surface area is 134 Å². The molecule has 1 aromatic rings. The zero-order valence-electron chi connectivity index (χ0n) is 13.3. The molecular formula is C15H24N2O4S. The summed E-state index contributed by atoms with van der Waals surface area (Å²) in [6.45, 7) is 5.25. The van der Waals surface area contributed by atoms with E-state index in [9.17, 15) is 20.1 Å². The van der Waals surface area contributed by atoms with Crippen LogP contribution in [0.25, 0.3) is 0 Å². The highest BCUT2D eigenvalue weighted by Gasteiger charge is 2.20. The van der Waals surface area contributed by atoms with Crippen LogP contribution in [0.3, 0.4) is 0 Å². The predicted octanol–water partition coefficient (Wildman–Crippen LogP) is 1.57.